The normalized spacial score (nSPS) is 18.1. The highest BCUT2D eigenvalue weighted by molar-refractivity contribution is 7.88. The molecule has 0 radical (unpaired) electrons. The van der Waals surface area contributed by atoms with E-state index in [-0.39, 0.29) is 5.91 Å². The molecule has 1 heterocycles. The number of ether oxygens (including phenoxy) is 1. The average Bonchev–Trinajstić information content (AvgIpc) is 2.55. The van der Waals surface area contributed by atoms with Crippen molar-refractivity contribution in [1.82, 2.24) is 9.62 Å². The Labute approximate surface area is 143 Å². The van der Waals surface area contributed by atoms with E-state index in [1.807, 2.05) is 30.3 Å². The topological polar surface area (TPSA) is 87.7 Å². The number of anilines is 1. The SMILES string of the molecule is COCCNC(=O)C1(Nc2ccccc2)CCN(S(C)(=O)=O)CC1. The first-order chi connectivity index (χ1) is 11.4. The number of para-hydroxylation sites is 1. The summed E-state index contributed by atoms with van der Waals surface area (Å²) in [4.78, 5) is 12.8. The molecule has 0 aliphatic carbocycles. The highest BCUT2D eigenvalue weighted by atomic mass is 32.2. The third-order valence-corrected chi connectivity index (χ3v) is 5.53. The molecule has 1 aromatic carbocycles. The molecule has 0 atom stereocenters. The van der Waals surface area contributed by atoms with Crippen molar-refractivity contribution in [2.45, 2.75) is 18.4 Å². The van der Waals surface area contributed by atoms with Crippen LogP contribution in [0.3, 0.4) is 0 Å². The van der Waals surface area contributed by atoms with E-state index in [0.717, 1.165) is 5.69 Å². The van der Waals surface area contributed by atoms with Crippen LogP contribution in [0.2, 0.25) is 0 Å². The maximum atomic E-state index is 12.8. The summed E-state index contributed by atoms with van der Waals surface area (Å²) in [6, 6.07) is 9.48. The molecule has 7 nitrogen and oxygen atoms in total. The van der Waals surface area contributed by atoms with Crippen LogP contribution in [-0.4, -0.2) is 63.8 Å². The van der Waals surface area contributed by atoms with Gasteiger partial charge in [-0.25, -0.2) is 12.7 Å². The zero-order valence-corrected chi connectivity index (χ0v) is 14.9. The van der Waals surface area contributed by atoms with Gasteiger partial charge in [0.25, 0.3) is 0 Å². The van der Waals surface area contributed by atoms with Gasteiger partial charge in [-0.05, 0) is 25.0 Å². The highest BCUT2D eigenvalue weighted by Gasteiger charge is 2.42. The summed E-state index contributed by atoms with van der Waals surface area (Å²) in [7, 11) is -1.66. The third kappa shape index (κ3) is 4.68. The largest absolute Gasteiger partial charge is 0.383 e. The number of nitrogens with one attached hydrogen (secondary N) is 2. The molecule has 1 fully saturated rings. The lowest BCUT2D eigenvalue weighted by Crippen LogP contribution is -2.59. The number of piperidine rings is 1. The lowest BCUT2D eigenvalue weighted by molar-refractivity contribution is -0.126. The van der Waals surface area contributed by atoms with Gasteiger partial charge in [0, 0.05) is 32.4 Å². The van der Waals surface area contributed by atoms with Crippen LogP contribution in [0.5, 0.6) is 0 Å². The van der Waals surface area contributed by atoms with Crippen LogP contribution in [0.1, 0.15) is 12.8 Å². The van der Waals surface area contributed by atoms with Gasteiger partial charge >= 0.3 is 0 Å². The fourth-order valence-corrected chi connectivity index (χ4v) is 3.69. The van der Waals surface area contributed by atoms with Crippen LogP contribution in [0.4, 0.5) is 5.69 Å². The van der Waals surface area contributed by atoms with E-state index in [1.54, 1.807) is 7.11 Å². The standard InChI is InChI=1S/C16H25N3O4S/c1-23-13-10-17-15(20)16(18-14-6-4-3-5-7-14)8-11-19(12-9-16)24(2,21)22/h3-7,18H,8-13H2,1-2H3,(H,17,20). The Hall–Kier alpha value is -1.64. The third-order valence-electron chi connectivity index (χ3n) is 4.23. The molecule has 1 aliphatic rings. The van der Waals surface area contributed by atoms with Crippen LogP contribution in [0, 0.1) is 0 Å². The molecular formula is C16H25N3O4S. The Morgan fingerprint density at radius 3 is 2.42 bits per heavy atom. The van der Waals surface area contributed by atoms with Crippen LogP contribution < -0.4 is 10.6 Å². The number of hydrogen-bond acceptors (Lipinski definition) is 5. The van der Waals surface area contributed by atoms with E-state index in [4.69, 9.17) is 4.74 Å². The molecule has 1 aromatic rings. The number of methoxy groups -OCH3 is 1. The Balaban J connectivity index is 2.15. The van der Waals surface area contributed by atoms with E-state index in [1.165, 1.54) is 10.6 Å². The molecule has 134 valence electrons. The second-order valence-electron chi connectivity index (χ2n) is 5.98. The van der Waals surface area contributed by atoms with Crippen molar-refractivity contribution in [2.24, 2.45) is 0 Å². The van der Waals surface area contributed by atoms with Crippen LogP contribution in [-0.2, 0) is 19.6 Å². The van der Waals surface area contributed by atoms with Crippen LogP contribution in [0.25, 0.3) is 0 Å². The van der Waals surface area contributed by atoms with E-state index in [2.05, 4.69) is 10.6 Å². The molecule has 0 aromatic heterocycles. The molecule has 0 spiro atoms. The highest BCUT2D eigenvalue weighted by Crippen LogP contribution is 2.28. The number of sulfonamides is 1. The summed E-state index contributed by atoms with van der Waals surface area (Å²) in [6.07, 6.45) is 2.02. The molecule has 1 aliphatic heterocycles. The molecule has 0 unspecified atom stereocenters. The van der Waals surface area contributed by atoms with Crippen LogP contribution in [0.15, 0.2) is 30.3 Å². The summed E-state index contributed by atoms with van der Waals surface area (Å²) in [5, 5.41) is 6.19. The zero-order valence-electron chi connectivity index (χ0n) is 14.1. The van der Waals surface area contributed by atoms with Gasteiger partial charge in [0.1, 0.15) is 5.54 Å². The van der Waals surface area contributed by atoms with Gasteiger partial charge in [0.2, 0.25) is 15.9 Å². The number of benzene rings is 1. The Morgan fingerprint density at radius 2 is 1.88 bits per heavy atom. The second-order valence-corrected chi connectivity index (χ2v) is 7.97. The molecule has 1 amide bonds. The molecule has 8 heteroatoms. The molecule has 2 rings (SSSR count). The number of hydrogen-bond donors (Lipinski definition) is 2. The number of carbonyl (C=O) groups excluding carboxylic acids is 1. The minimum Gasteiger partial charge on any atom is -0.383 e. The summed E-state index contributed by atoms with van der Waals surface area (Å²) in [6.45, 7) is 1.48. The Kier molecular flexibility index (Phi) is 6.20. The van der Waals surface area contributed by atoms with Gasteiger partial charge in [-0.3, -0.25) is 4.79 Å². The second kappa shape index (κ2) is 7.96. The lowest BCUT2D eigenvalue weighted by Gasteiger charge is -2.40. The van der Waals surface area contributed by atoms with Crippen molar-refractivity contribution >= 4 is 21.6 Å². The van der Waals surface area contributed by atoms with Crippen LogP contribution >= 0.6 is 0 Å². The zero-order chi connectivity index (χ0) is 17.6. The minimum atomic E-state index is -3.24. The molecular weight excluding hydrogens is 330 g/mol. The maximum absolute atomic E-state index is 12.8. The fraction of sp³-hybridized carbons (Fsp3) is 0.562. The van der Waals surface area contributed by atoms with E-state index < -0.39 is 15.6 Å². The number of carbonyl (C=O) groups is 1. The molecule has 24 heavy (non-hydrogen) atoms. The first kappa shape index (κ1) is 18.7. The van der Waals surface area contributed by atoms with Crippen molar-refractivity contribution in [3.8, 4) is 0 Å². The van der Waals surface area contributed by atoms with Gasteiger partial charge in [0.15, 0.2) is 0 Å². The number of rotatable bonds is 7. The van der Waals surface area contributed by atoms with E-state index in [9.17, 15) is 13.2 Å². The van der Waals surface area contributed by atoms with Crippen molar-refractivity contribution in [1.29, 1.82) is 0 Å². The van der Waals surface area contributed by atoms with Gasteiger partial charge < -0.3 is 15.4 Å². The number of amides is 1. The van der Waals surface area contributed by atoms with Crippen molar-refractivity contribution in [3.05, 3.63) is 30.3 Å². The van der Waals surface area contributed by atoms with Gasteiger partial charge in [-0.1, -0.05) is 18.2 Å². The summed E-state index contributed by atoms with van der Waals surface area (Å²) >= 11 is 0. The average molecular weight is 355 g/mol. The molecule has 0 saturated carbocycles. The summed E-state index contributed by atoms with van der Waals surface area (Å²) in [5.41, 5.74) is 0.0169. The molecule has 0 bridgehead atoms. The van der Waals surface area contributed by atoms with Crippen molar-refractivity contribution < 1.29 is 17.9 Å². The Morgan fingerprint density at radius 1 is 1.25 bits per heavy atom. The van der Waals surface area contributed by atoms with Crippen molar-refractivity contribution in [2.75, 3.05) is 44.9 Å². The quantitative estimate of drug-likeness (QED) is 0.702. The van der Waals surface area contributed by atoms with Gasteiger partial charge in [0.05, 0.1) is 12.9 Å². The monoisotopic (exact) mass is 355 g/mol. The van der Waals surface area contributed by atoms with Gasteiger partial charge in [-0.2, -0.15) is 0 Å². The minimum absolute atomic E-state index is 0.128. The Bertz CT molecular complexity index is 641. The summed E-state index contributed by atoms with van der Waals surface area (Å²) in [5.74, 6) is -0.128. The van der Waals surface area contributed by atoms with Gasteiger partial charge in [-0.15, -0.1) is 0 Å². The predicted octanol–water partition coefficient (Wildman–Crippen LogP) is 0.655. The predicted molar refractivity (Wildman–Crippen MR) is 93.3 cm³/mol. The smallest absolute Gasteiger partial charge is 0.245 e. The fourth-order valence-electron chi connectivity index (χ4n) is 2.84. The molecule has 2 N–H and O–H groups in total. The van der Waals surface area contributed by atoms with Crippen molar-refractivity contribution in [3.63, 3.8) is 0 Å². The van der Waals surface area contributed by atoms with E-state index >= 15 is 0 Å². The first-order valence-electron chi connectivity index (χ1n) is 7.93. The lowest BCUT2D eigenvalue weighted by atomic mass is 9.86. The molecule has 1 saturated heterocycles. The number of nitrogens with zero attached hydrogens (tertiary/aromatic N) is 1. The first-order valence-corrected chi connectivity index (χ1v) is 9.78. The summed E-state index contributed by atoms with van der Waals surface area (Å²) < 4.78 is 29.8. The van der Waals surface area contributed by atoms with E-state index in [0.29, 0.717) is 39.1 Å². The maximum Gasteiger partial charge on any atom is 0.245 e.